The Bertz CT molecular complexity index is 6380. The van der Waals surface area contributed by atoms with Crippen LogP contribution in [0.15, 0.2) is 128 Å². The predicted molar refractivity (Wildman–Crippen MR) is 611 cm³/mol. The zero-order chi connectivity index (χ0) is 106. The fraction of sp³-hybridized carbons (Fsp3) is 0.366. The first-order valence-electron chi connectivity index (χ1n) is 40.3. The molecule has 145 heavy (non-hydrogen) atoms. The summed E-state index contributed by atoms with van der Waals surface area (Å²) in [5.41, 5.74) is 8.72. The summed E-state index contributed by atoms with van der Waals surface area (Å²) in [7, 11) is 7.21. The summed E-state index contributed by atoms with van der Waals surface area (Å²) in [6.07, 6.45) is 0.147. The van der Waals surface area contributed by atoms with Gasteiger partial charge in [0.2, 0.25) is 23.6 Å². The van der Waals surface area contributed by atoms with Crippen molar-refractivity contribution in [2.75, 3.05) is 47.9 Å². The summed E-state index contributed by atoms with van der Waals surface area (Å²) in [5, 5.41) is 39.8. The van der Waals surface area contributed by atoms with Crippen LogP contribution in [0.4, 0.5) is 50.4 Å². The maximum Gasteiger partial charge on any atom is 0.411 e. The largest absolute Gasteiger partial charge is 0.480 e. The third-order valence-corrected chi connectivity index (χ3v) is 27.6. The number of pyridine rings is 4. The Labute approximate surface area is 958 Å². The predicted octanol–water partition coefficient (Wildman–Crippen LogP) is 16.8. The number of rotatable bonds is 15. The molecule has 0 radical (unpaired) electrons. The summed E-state index contributed by atoms with van der Waals surface area (Å²) in [6, 6.07) is 19.6. The second-order valence-corrected chi connectivity index (χ2v) is 47.0. The lowest BCUT2D eigenvalue weighted by molar-refractivity contribution is -0.142. The molecule has 63 heteroatoms. The standard InChI is InChI=1S/C26H22BrClFN7O3.C16H14N4O3.C15H18BrClFN3O3.C10H10BrClFN3O.C10H16FNO4.C5H4BrClN2.2ClH.S5.S4.S3.S2.H2S/c1-13(37)25-19-5-15(16-9-30-14(2)31-10-16)3-4-20(19)36(34-25)12-24(38)35-11-18(29)8-21(35)26(39)33-23-7-17(28)6-22(27)32-23;1-9(21)16-13-5-11(12-6-17-10(2)18-7-12)3-4-14(13)20(19-16)8-15(22)23;1-15(2,3)24-14(23)21-7-9(18)6-10(21)13(22)20-12-5-8(17)4-11(16)19-12;11-8-1-5(12)2-9(15-8)16-10(17)7-3-6(13)4-14-7;1-10(2,3)16-9(15)12-5-6(11)4-7(12)8(13)14;6-4-1-3(7)2-5(8)9-4;;;1-3-5-4-2;1-3-4-2;1-3-2;1-2;/h3-7,9-10,18,21H,8,11-12H2,1-2H3,(H,32,33,39);3-7H,8H2,1-2H3,(H,22,23);4-5,9-10H,6-7H2,1-3H3,(H,19,20,22);1-2,6-7,14H,3-4H2,(H,15,16,17);6-7H,4-5H2,1-3H3,(H,13,14);1-2H,(H2,8,9);2*1H;;;;;1H2/t18-,21+;;9-,10+;2*6-,7+;;;;;;;;/m1.111......../s1. The number of hydrogen-bond donors (Lipinski definition) is 7. The van der Waals surface area contributed by atoms with E-state index in [0.717, 1.165) is 40.9 Å². The van der Waals surface area contributed by atoms with Crippen molar-refractivity contribution in [2.24, 2.45) is 0 Å². The second kappa shape index (κ2) is 66.3. The number of aryl methyl sites for hydroxylation is 2. The first-order valence-corrected chi connectivity index (χ1v) is 58.4. The Balaban J connectivity index is 0.000000593. The number of benzene rings is 2. The molecule has 4 saturated heterocycles. The van der Waals surface area contributed by atoms with E-state index in [1.165, 1.54) is 90.7 Å². The molecule has 14 rings (SSSR count). The number of carboxylic acids is 2. The number of hydrogen-bond acceptors (Lipinski definition) is 32. The van der Waals surface area contributed by atoms with Gasteiger partial charge in [0.15, 0.2) is 11.6 Å². The first kappa shape index (κ1) is 134. The SMILES string of the molecule is CC(=O)c1nn(CC(=O)N2C[C@H](F)C[C@H]2C(=O)Nc2cc(Cl)cc(Br)n2)c2ccc(-c3cnc(C)nc3)cc12.CC(=O)c1nn(CC(=O)O)c2ccc(-c3cnc(C)nc3)cc12.CC(C)(C)OC(=O)N1C[C@H](F)C[C@H]1C(=O)Nc1cc(Cl)cc(Br)n1.CC(C)(C)OC(=O)N1C[C@H](F)C[C@H]1C(=O)O.Cl.Cl.Nc1cc(Cl)cc(Br)n1.O=C(Nc1cc(Cl)cc(Br)n1)[C@@H]1C[C@@H](F)CN1.S.S=S.S=S=S.S=S=S=S.S=S=S=S=S. The second-order valence-electron chi connectivity index (χ2n) is 31.4. The summed E-state index contributed by atoms with van der Waals surface area (Å²) in [6.45, 7) is 15.5. The van der Waals surface area contributed by atoms with Gasteiger partial charge in [0, 0.05) is 256 Å². The number of likely N-dealkylation sites (tertiary alicyclic amines) is 3. The smallest absolute Gasteiger partial charge is 0.411 e. The van der Waals surface area contributed by atoms with Crippen molar-refractivity contribution in [3.05, 3.63) is 171 Å². The van der Waals surface area contributed by atoms with Crippen LogP contribution in [-0.2, 0) is 194 Å². The molecule has 34 nitrogen and oxygen atoms in total. The van der Waals surface area contributed by atoms with Crippen LogP contribution in [0.1, 0.15) is 114 Å². The highest BCUT2D eigenvalue weighted by Crippen LogP contribution is 2.34. The minimum Gasteiger partial charge on any atom is -0.480 e. The molecule has 4 fully saturated rings. The average molecular weight is 2670 g/mol. The van der Waals surface area contributed by atoms with Crippen LogP contribution in [0.2, 0.25) is 20.1 Å². The van der Waals surface area contributed by atoms with Gasteiger partial charge >= 0.3 is 24.1 Å². The third-order valence-electron chi connectivity index (χ3n) is 18.5. The molecule has 2 aromatic carbocycles. The number of halogens is 14. The monoisotopic (exact) mass is 2660 g/mol. The van der Waals surface area contributed by atoms with Gasteiger partial charge in [-0.15, -0.1) is 24.8 Å². The van der Waals surface area contributed by atoms with Crippen LogP contribution in [-0.4, -0.2) is 230 Å². The zero-order valence-corrected chi connectivity index (χ0v) is 100. The van der Waals surface area contributed by atoms with Crippen molar-refractivity contribution in [3.8, 4) is 22.3 Å². The van der Waals surface area contributed by atoms with Crippen molar-refractivity contribution in [2.45, 2.75) is 168 Å². The van der Waals surface area contributed by atoms with E-state index in [2.05, 4.69) is 225 Å². The number of nitrogens with zero attached hydrogens (tertiary/aromatic N) is 15. The normalized spacial score (nSPS) is 16.4. The minimum atomic E-state index is -1.37. The molecule has 12 heterocycles. The van der Waals surface area contributed by atoms with Crippen molar-refractivity contribution in [1.29, 1.82) is 0 Å². The molecular weight excluding hydrogens is 2580 g/mol. The van der Waals surface area contributed by atoms with Crippen molar-refractivity contribution >= 4 is 396 Å². The number of fused-ring (bicyclic) bond motifs is 2. The number of carbonyl (C=O) groups excluding carboxylic acids is 8. The Morgan fingerprint density at radius 1 is 0.490 bits per heavy atom. The number of carboxylic acid groups (broad SMARTS) is 2. The van der Waals surface area contributed by atoms with Crippen LogP contribution in [0.3, 0.4) is 0 Å². The molecular formula is C82H88Br4Cl6F4N20O14S15. The number of nitrogen functional groups attached to an aromatic ring is 1. The Hall–Kier alpha value is -6.59. The Morgan fingerprint density at radius 3 is 1.14 bits per heavy atom. The van der Waals surface area contributed by atoms with E-state index in [9.17, 15) is 65.5 Å². The average Bonchev–Trinajstić information content (AvgIpc) is 1.62. The lowest BCUT2D eigenvalue weighted by Crippen LogP contribution is -2.45. The van der Waals surface area contributed by atoms with Gasteiger partial charge in [-0.3, -0.25) is 52.7 Å². The summed E-state index contributed by atoms with van der Waals surface area (Å²) < 4.78 is 69.2. The molecule has 8 atom stereocenters. The summed E-state index contributed by atoms with van der Waals surface area (Å²) in [4.78, 5) is 156. The molecule has 10 aromatic rings. The van der Waals surface area contributed by atoms with Gasteiger partial charge in [-0.2, -0.15) is 23.7 Å². The number of ether oxygens (including phenoxy) is 2. The molecule has 0 spiro atoms. The fourth-order valence-electron chi connectivity index (χ4n) is 12.9. The lowest BCUT2D eigenvalue weighted by atomic mass is 10.0. The van der Waals surface area contributed by atoms with Gasteiger partial charge in [0.1, 0.15) is 132 Å². The highest BCUT2D eigenvalue weighted by Gasteiger charge is 2.45. The molecule has 6 amide bonds. The summed E-state index contributed by atoms with van der Waals surface area (Å²) in [5.74, 6) is -2.16. The van der Waals surface area contributed by atoms with E-state index >= 15 is 0 Å². The van der Waals surface area contributed by atoms with Gasteiger partial charge in [-0.1, -0.05) is 58.5 Å². The molecule has 0 unspecified atom stereocenters. The highest BCUT2D eigenvalue weighted by molar-refractivity contribution is 9.11. The van der Waals surface area contributed by atoms with Crippen LogP contribution < -0.4 is 27.0 Å². The van der Waals surface area contributed by atoms with Crippen LogP contribution in [0, 0.1) is 13.8 Å². The topological polar surface area (TPSA) is 452 Å². The van der Waals surface area contributed by atoms with E-state index in [-0.39, 0.29) is 144 Å². The van der Waals surface area contributed by atoms with Crippen LogP contribution >= 0.6 is 148 Å². The molecule has 0 saturated carbocycles. The number of aromatic nitrogens is 12. The number of ketones is 2. The van der Waals surface area contributed by atoms with E-state index in [0.29, 0.717) is 83.6 Å². The van der Waals surface area contributed by atoms with E-state index in [4.69, 9.17) is 71.8 Å². The number of carbonyl (C=O) groups is 10. The number of anilines is 4. The first-order chi connectivity index (χ1) is 66.8. The third kappa shape index (κ3) is 46.2. The molecule has 0 aliphatic carbocycles. The van der Waals surface area contributed by atoms with Gasteiger partial charge in [-0.05, 0) is 203 Å². The van der Waals surface area contributed by atoms with Gasteiger partial charge in [0.05, 0.1) is 36.7 Å². The quantitative estimate of drug-likeness (QED) is 0.0285. The lowest BCUT2D eigenvalue weighted by Gasteiger charge is -2.27. The van der Waals surface area contributed by atoms with Gasteiger partial charge < -0.3 is 51.6 Å². The Morgan fingerprint density at radius 2 is 0.828 bits per heavy atom. The Kier molecular flexibility index (Phi) is 61.5. The van der Waals surface area contributed by atoms with E-state index in [1.807, 2.05) is 18.2 Å². The van der Waals surface area contributed by atoms with Gasteiger partial charge in [0.25, 0.3) is 0 Å². The number of Topliss-reactive ketones (excluding diaryl/α,β-unsaturated/α-hetero) is 2. The maximum atomic E-state index is 14.4. The number of aliphatic carboxylic acids is 2. The van der Waals surface area contributed by atoms with E-state index in [1.54, 1.807) is 129 Å². The number of nitrogens with two attached hydrogens (primary N) is 1. The van der Waals surface area contributed by atoms with E-state index < -0.39 is 102 Å². The molecule has 4 aliphatic heterocycles. The van der Waals surface area contributed by atoms with Crippen molar-refractivity contribution in [1.82, 2.24) is 79.4 Å². The molecule has 4 aliphatic rings. The molecule has 8 N–H and O–H groups in total. The minimum absolute atomic E-state index is 0. The zero-order valence-electron chi connectivity index (χ0n) is 76.7. The maximum absolute atomic E-state index is 14.4. The number of alkyl halides is 4. The molecule has 8 aromatic heterocycles. The number of nitrogens with one attached hydrogen (secondary N) is 4. The molecule has 788 valence electrons. The number of amides is 6. The van der Waals surface area contributed by atoms with Crippen molar-refractivity contribution < 1.29 is 85.2 Å². The summed E-state index contributed by atoms with van der Waals surface area (Å²) >= 11 is 69.2. The van der Waals surface area contributed by atoms with Crippen LogP contribution in [0.5, 0.6) is 0 Å². The highest BCUT2D eigenvalue weighted by atomic mass is 79.9. The fourth-order valence-corrected chi connectivity index (χ4v) is 18.8. The van der Waals surface area contributed by atoms with Gasteiger partial charge in [-0.25, -0.2) is 71.8 Å². The molecule has 0 bridgehead atoms. The van der Waals surface area contributed by atoms with Crippen molar-refractivity contribution in [3.63, 3.8) is 0 Å². The van der Waals surface area contributed by atoms with Crippen LogP contribution in [0.25, 0.3) is 44.1 Å².